The van der Waals surface area contributed by atoms with Crippen molar-refractivity contribution in [3.05, 3.63) is 78.4 Å². The molecule has 1 atom stereocenters. The van der Waals surface area contributed by atoms with Crippen molar-refractivity contribution in [3.63, 3.8) is 0 Å². The lowest BCUT2D eigenvalue weighted by Crippen LogP contribution is -2.53. The van der Waals surface area contributed by atoms with E-state index < -0.39 is 28.5 Å². The minimum absolute atomic E-state index is 0.228. The number of hydrogen-bond acceptors (Lipinski definition) is 4. The van der Waals surface area contributed by atoms with Gasteiger partial charge in [-0.15, -0.1) is 0 Å². The first-order valence-electron chi connectivity index (χ1n) is 12.7. The van der Waals surface area contributed by atoms with Crippen LogP contribution in [0, 0.1) is 5.92 Å². The Morgan fingerprint density at radius 1 is 0.919 bits per heavy atom. The Labute approximate surface area is 220 Å². The van der Waals surface area contributed by atoms with Gasteiger partial charge in [0, 0.05) is 18.5 Å². The van der Waals surface area contributed by atoms with Gasteiger partial charge < -0.3 is 10.2 Å². The monoisotopic (exact) mass is 523 g/mol. The van der Waals surface area contributed by atoms with Gasteiger partial charge in [-0.05, 0) is 35.8 Å². The van der Waals surface area contributed by atoms with Crippen molar-refractivity contribution in [2.24, 2.45) is 5.92 Å². The first-order valence-corrected chi connectivity index (χ1v) is 14.5. The predicted octanol–water partition coefficient (Wildman–Crippen LogP) is 4.23. The summed E-state index contributed by atoms with van der Waals surface area (Å²) in [5.41, 5.74) is 1.47. The number of hydrogen-bond donors (Lipinski definition) is 1. The summed E-state index contributed by atoms with van der Waals surface area (Å²) in [6.07, 6.45) is 2.06. The Hall–Kier alpha value is -3.39. The zero-order valence-corrected chi connectivity index (χ0v) is 22.9. The SMILES string of the molecule is CCC(C(=O)NCC(C)C)N(CCc1ccccc1)C(=O)CN(c1cccc2ccccc12)S(C)(=O)=O. The lowest BCUT2D eigenvalue weighted by molar-refractivity contribution is -0.139. The van der Waals surface area contributed by atoms with Crippen LogP contribution in [0.3, 0.4) is 0 Å². The van der Waals surface area contributed by atoms with Gasteiger partial charge in [-0.3, -0.25) is 13.9 Å². The average molecular weight is 524 g/mol. The Morgan fingerprint density at radius 2 is 1.57 bits per heavy atom. The van der Waals surface area contributed by atoms with Crippen LogP contribution in [0.4, 0.5) is 5.69 Å². The van der Waals surface area contributed by atoms with Crippen molar-refractivity contribution in [1.82, 2.24) is 10.2 Å². The maximum atomic E-state index is 13.8. The molecule has 3 aromatic carbocycles. The van der Waals surface area contributed by atoms with Crippen LogP contribution in [0.1, 0.15) is 32.8 Å². The summed E-state index contributed by atoms with van der Waals surface area (Å²) >= 11 is 0. The van der Waals surface area contributed by atoms with Crippen LogP contribution in [-0.2, 0) is 26.0 Å². The molecule has 8 heteroatoms. The number of benzene rings is 3. The summed E-state index contributed by atoms with van der Waals surface area (Å²) in [6, 6.07) is 21.9. The number of anilines is 1. The number of carbonyl (C=O) groups excluding carboxylic acids is 2. The van der Waals surface area contributed by atoms with Gasteiger partial charge >= 0.3 is 0 Å². The van der Waals surface area contributed by atoms with E-state index in [9.17, 15) is 18.0 Å². The first-order chi connectivity index (χ1) is 17.6. The molecular formula is C29H37N3O4S. The molecule has 0 bridgehead atoms. The molecule has 0 saturated heterocycles. The summed E-state index contributed by atoms with van der Waals surface area (Å²) in [6.45, 7) is 6.28. The number of nitrogens with one attached hydrogen (secondary N) is 1. The van der Waals surface area contributed by atoms with E-state index in [1.54, 1.807) is 12.1 Å². The van der Waals surface area contributed by atoms with Crippen molar-refractivity contribution in [3.8, 4) is 0 Å². The highest BCUT2D eigenvalue weighted by Crippen LogP contribution is 2.28. The minimum Gasteiger partial charge on any atom is -0.354 e. The molecular weight excluding hydrogens is 486 g/mol. The number of nitrogens with zero attached hydrogens (tertiary/aromatic N) is 2. The predicted molar refractivity (Wildman–Crippen MR) is 150 cm³/mol. The lowest BCUT2D eigenvalue weighted by Gasteiger charge is -2.33. The van der Waals surface area contributed by atoms with E-state index in [1.807, 2.05) is 81.4 Å². The van der Waals surface area contributed by atoms with Gasteiger partial charge in [0.15, 0.2) is 0 Å². The Bertz CT molecular complexity index is 1300. The third-order valence-corrected chi connectivity index (χ3v) is 7.40. The second kappa shape index (κ2) is 12.7. The summed E-state index contributed by atoms with van der Waals surface area (Å²) in [5.74, 6) is -0.378. The highest BCUT2D eigenvalue weighted by molar-refractivity contribution is 7.92. The molecule has 0 fully saturated rings. The van der Waals surface area contributed by atoms with Crippen molar-refractivity contribution >= 4 is 38.3 Å². The van der Waals surface area contributed by atoms with E-state index in [0.29, 0.717) is 31.6 Å². The fourth-order valence-corrected chi connectivity index (χ4v) is 5.20. The van der Waals surface area contributed by atoms with Crippen LogP contribution in [0.5, 0.6) is 0 Å². The molecule has 0 aliphatic rings. The largest absolute Gasteiger partial charge is 0.354 e. The van der Waals surface area contributed by atoms with Gasteiger partial charge in [-0.1, -0.05) is 87.5 Å². The second-order valence-electron chi connectivity index (χ2n) is 9.65. The van der Waals surface area contributed by atoms with Crippen molar-refractivity contribution < 1.29 is 18.0 Å². The molecule has 198 valence electrons. The van der Waals surface area contributed by atoms with Gasteiger partial charge in [0.25, 0.3) is 0 Å². The van der Waals surface area contributed by atoms with Crippen molar-refractivity contribution in [2.75, 3.05) is 30.2 Å². The molecule has 7 nitrogen and oxygen atoms in total. The third-order valence-electron chi connectivity index (χ3n) is 6.27. The molecule has 0 aliphatic heterocycles. The van der Waals surface area contributed by atoms with E-state index in [0.717, 1.165) is 26.9 Å². The van der Waals surface area contributed by atoms with Crippen LogP contribution in [-0.4, -0.2) is 57.1 Å². The van der Waals surface area contributed by atoms with E-state index in [4.69, 9.17) is 0 Å². The zero-order chi connectivity index (χ0) is 27.0. The molecule has 0 aliphatic carbocycles. The standard InChI is InChI=1S/C29H37N3O4S/c1-5-26(29(34)30-20-22(2)3)31(19-18-23-12-7-6-8-13-23)28(33)21-32(37(4,35)36)27-17-11-15-24-14-9-10-16-25(24)27/h6-17,22,26H,5,18-21H2,1-4H3,(H,30,34). The minimum atomic E-state index is -3.79. The molecule has 0 heterocycles. The van der Waals surface area contributed by atoms with Gasteiger partial charge in [0.05, 0.1) is 11.9 Å². The van der Waals surface area contributed by atoms with Crippen LogP contribution in [0.15, 0.2) is 72.8 Å². The Morgan fingerprint density at radius 3 is 2.22 bits per heavy atom. The highest BCUT2D eigenvalue weighted by atomic mass is 32.2. The Balaban J connectivity index is 1.95. The summed E-state index contributed by atoms with van der Waals surface area (Å²) < 4.78 is 27.0. The maximum Gasteiger partial charge on any atom is 0.244 e. The molecule has 0 saturated carbocycles. The fourth-order valence-electron chi connectivity index (χ4n) is 4.34. The van der Waals surface area contributed by atoms with Crippen molar-refractivity contribution in [1.29, 1.82) is 0 Å². The van der Waals surface area contributed by atoms with E-state index in [2.05, 4.69) is 5.32 Å². The number of sulfonamides is 1. The van der Waals surface area contributed by atoms with Gasteiger partial charge in [0.2, 0.25) is 21.8 Å². The molecule has 3 aromatic rings. The van der Waals surface area contributed by atoms with E-state index in [1.165, 1.54) is 4.90 Å². The van der Waals surface area contributed by atoms with Crippen LogP contribution in [0.25, 0.3) is 10.8 Å². The molecule has 1 unspecified atom stereocenters. The number of fused-ring (bicyclic) bond motifs is 1. The number of carbonyl (C=O) groups is 2. The summed E-state index contributed by atoms with van der Waals surface area (Å²) in [5, 5.41) is 4.55. The zero-order valence-electron chi connectivity index (χ0n) is 22.1. The lowest BCUT2D eigenvalue weighted by atomic mass is 10.1. The van der Waals surface area contributed by atoms with Crippen LogP contribution >= 0.6 is 0 Å². The van der Waals surface area contributed by atoms with Crippen LogP contribution < -0.4 is 9.62 Å². The maximum absolute atomic E-state index is 13.8. The quantitative estimate of drug-likeness (QED) is 0.385. The fraction of sp³-hybridized carbons (Fsp3) is 0.379. The topological polar surface area (TPSA) is 86.8 Å². The van der Waals surface area contributed by atoms with Gasteiger partial charge in [0.1, 0.15) is 12.6 Å². The van der Waals surface area contributed by atoms with Crippen molar-refractivity contribution in [2.45, 2.75) is 39.7 Å². The molecule has 2 amide bonds. The third kappa shape index (κ3) is 7.55. The molecule has 0 spiro atoms. The highest BCUT2D eigenvalue weighted by Gasteiger charge is 2.31. The first kappa shape index (κ1) is 28.2. The van der Waals surface area contributed by atoms with E-state index in [-0.39, 0.29) is 11.8 Å². The van der Waals surface area contributed by atoms with Gasteiger partial charge in [-0.2, -0.15) is 0 Å². The summed E-state index contributed by atoms with van der Waals surface area (Å²) in [7, 11) is -3.79. The average Bonchev–Trinajstić information content (AvgIpc) is 2.87. The number of rotatable bonds is 12. The molecule has 3 rings (SSSR count). The second-order valence-corrected chi connectivity index (χ2v) is 11.6. The molecule has 1 N–H and O–H groups in total. The Kier molecular flexibility index (Phi) is 9.69. The molecule has 0 radical (unpaired) electrons. The van der Waals surface area contributed by atoms with Crippen LogP contribution in [0.2, 0.25) is 0 Å². The number of amides is 2. The molecule has 37 heavy (non-hydrogen) atoms. The molecule has 0 aromatic heterocycles. The smallest absolute Gasteiger partial charge is 0.244 e. The van der Waals surface area contributed by atoms with E-state index >= 15 is 0 Å². The normalized spacial score (nSPS) is 12.4. The van der Waals surface area contributed by atoms with Gasteiger partial charge in [-0.25, -0.2) is 8.42 Å². The summed E-state index contributed by atoms with van der Waals surface area (Å²) in [4.78, 5) is 28.5.